The summed E-state index contributed by atoms with van der Waals surface area (Å²) in [6.45, 7) is 5.21. The van der Waals surface area contributed by atoms with Gasteiger partial charge in [0.15, 0.2) is 11.5 Å². The Bertz CT molecular complexity index is 823. The van der Waals surface area contributed by atoms with Gasteiger partial charge in [-0.2, -0.15) is 0 Å². The topological polar surface area (TPSA) is 71.3 Å². The van der Waals surface area contributed by atoms with Crippen LogP contribution in [-0.2, 0) is 13.0 Å². The van der Waals surface area contributed by atoms with E-state index in [0.29, 0.717) is 31.3 Å². The first-order valence-electron chi connectivity index (χ1n) is 8.30. The zero-order chi connectivity index (χ0) is 17.8. The Labute approximate surface area is 150 Å². The average molecular weight is 358 g/mol. The van der Waals surface area contributed by atoms with E-state index in [1.807, 2.05) is 29.6 Å². The van der Waals surface area contributed by atoms with Crippen LogP contribution in [0.1, 0.15) is 36.4 Å². The summed E-state index contributed by atoms with van der Waals surface area (Å²) in [6.07, 6.45) is 0.558. The molecule has 2 amide bonds. The molecule has 6 nitrogen and oxygen atoms in total. The van der Waals surface area contributed by atoms with Gasteiger partial charge in [0, 0.05) is 31.3 Å². The second kappa shape index (κ2) is 7.65. The molecule has 2 heterocycles. The van der Waals surface area contributed by atoms with Gasteiger partial charge < -0.3 is 14.6 Å². The maximum absolute atomic E-state index is 12.2. The van der Waals surface area contributed by atoms with Crippen LogP contribution >= 0.6 is 11.3 Å². The Morgan fingerprint density at radius 1 is 1.32 bits per heavy atom. The van der Waals surface area contributed by atoms with E-state index < -0.39 is 0 Å². The number of nitrogens with zero attached hydrogens (tertiary/aromatic N) is 3. The Hall–Kier alpha value is -2.41. The fraction of sp³-hybridized carbons (Fsp3) is 0.389. The lowest BCUT2D eigenvalue weighted by Crippen LogP contribution is -2.37. The van der Waals surface area contributed by atoms with E-state index in [1.165, 1.54) is 0 Å². The van der Waals surface area contributed by atoms with Crippen LogP contribution in [0.15, 0.2) is 34.1 Å². The molecule has 0 atom stereocenters. The quantitative estimate of drug-likeness (QED) is 0.728. The molecular weight excluding hydrogens is 336 g/mol. The minimum absolute atomic E-state index is 0.129. The van der Waals surface area contributed by atoms with E-state index in [4.69, 9.17) is 4.42 Å². The molecule has 0 saturated carbocycles. The number of thiazole rings is 1. The molecule has 3 rings (SSSR count). The number of carbonyl (C=O) groups is 1. The van der Waals surface area contributed by atoms with Crippen molar-refractivity contribution in [2.75, 3.05) is 13.6 Å². The van der Waals surface area contributed by atoms with Crippen LogP contribution in [0.25, 0.3) is 11.1 Å². The predicted octanol–water partition coefficient (Wildman–Crippen LogP) is 3.79. The van der Waals surface area contributed by atoms with Crippen LogP contribution in [0.3, 0.4) is 0 Å². The van der Waals surface area contributed by atoms with Crippen molar-refractivity contribution in [1.29, 1.82) is 0 Å². The van der Waals surface area contributed by atoms with Gasteiger partial charge in [0.25, 0.3) is 0 Å². The number of carbonyl (C=O) groups excluding carboxylic acids is 1. The zero-order valence-electron chi connectivity index (χ0n) is 14.7. The standard InChI is InChI=1S/C18H22N4O2S/c1-12(2)17-20-13(11-25-17)10-22(3)18(23)19-9-8-16-21-14-6-4-5-7-15(14)24-16/h4-7,11-12H,8-10H2,1-3H3,(H,19,23). The largest absolute Gasteiger partial charge is 0.441 e. The Balaban J connectivity index is 1.47. The van der Waals surface area contributed by atoms with Crippen molar-refractivity contribution in [3.63, 3.8) is 0 Å². The fourth-order valence-corrected chi connectivity index (χ4v) is 3.24. The lowest BCUT2D eigenvalue weighted by molar-refractivity contribution is 0.206. The van der Waals surface area contributed by atoms with E-state index in [9.17, 15) is 4.79 Å². The first-order valence-corrected chi connectivity index (χ1v) is 9.18. The summed E-state index contributed by atoms with van der Waals surface area (Å²) in [6, 6.07) is 7.51. The molecule has 0 aliphatic carbocycles. The second-order valence-corrected chi connectivity index (χ2v) is 7.13. The van der Waals surface area contributed by atoms with E-state index in [2.05, 4.69) is 29.1 Å². The highest BCUT2D eigenvalue weighted by Crippen LogP contribution is 2.19. The van der Waals surface area contributed by atoms with Gasteiger partial charge in [-0.25, -0.2) is 14.8 Å². The minimum atomic E-state index is -0.129. The normalized spacial score (nSPS) is 11.2. The molecule has 3 aromatic rings. The molecule has 0 saturated heterocycles. The van der Waals surface area contributed by atoms with Gasteiger partial charge in [-0.3, -0.25) is 0 Å². The number of nitrogens with one attached hydrogen (secondary N) is 1. The summed E-state index contributed by atoms with van der Waals surface area (Å²) < 4.78 is 5.65. The summed E-state index contributed by atoms with van der Waals surface area (Å²) in [5.41, 5.74) is 2.53. The SMILES string of the molecule is CC(C)c1nc(CN(C)C(=O)NCCc2nc3ccccc3o2)cs1. The van der Waals surface area contributed by atoms with Gasteiger partial charge in [-0.15, -0.1) is 11.3 Å². The molecular formula is C18H22N4O2S. The number of aromatic nitrogens is 2. The lowest BCUT2D eigenvalue weighted by atomic mass is 10.2. The zero-order valence-corrected chi connectivity index (χ0v) is 15.5. The summed E-state index contributed by atoms with van der Waals surface area (Å²) in [7, 11) is 1.77. The van der Waals surface area contributed by atoms with Gasteiger partial charge in [0.1, 0.15) is 5.52 Å². The molecule has 0 aliphatic heterocycles. The van der Waals surface area contributed by atoms with Crippen molar-refractivity contribution < 1.29 is 9.21 Å². The predicted molar refractivity (Wildman–Crippen MR) is 98.8 cm³/mol. The van der Waals surface area contributed by atoms with Crippen LogP contribution in [0.2, 0.25) is 0 Å². The van der Waals surface area contributed by atoms with Crippen LogP contribution in [0.5, 0.6) is 0 Å². The third kappa shape index (κ3) is 4.36. The number of oxazole rings is 1. The van der Waals surface area contributed by atoms with Gasteiger partial charge in [-0.05, 0) is 12.1 Å². The van der Waals surface area contributed by atoms with Gasteiger partial charge in [0.05, 0.1) is 17.2 Å². The summed E-state index contributed by atoms with van der Waals surface area (Å²) in [4.78, 5) is 22.8. The smallest absolute Gasteiger partial charge is 0.317 e. The maximum atomic E-state index is 12.2. The maximum Gasteiger partial charge on any atom is 0.317 e. The number of hydrogen-bond donors (Lipinski definition) is 1. The molecule has 0 aliphatic rings. The van der Waals surface area contributed by atoms with Gasteiger partial charge in [-0.1, -0.05) is 26.0 Å². The third-order valence-corrected chi connectivity index (χ3v) is 4.96. The van der Waals surface area contributed by atoms with E-state index in [0.717, 1.165) is 21.8 Å². The molecule has 0 radical (unpaired) electrons. The van der Waals surface area contributed by atoms with Crippen molar-refractivity contribution >= 4 is 28.5 Å². The van der Waals surface area contributed by atoms with Crippen LogP contribution in [0, 0.1) is 0 Å². The molecule has 25 heavy (non-hydrogen) atoms. The number of para-hydroxylation sites is 2. The first kappa shape index (κ1) is 17.4. The van der Waals surface area contributed by atoms with Gasteiger partial charge in [0.2, 0.25) is 0 Å². The highest BCUT2D eigenvalue weighted by Gasteiger charge is 2.13. The summed E-state index contributed by atoms with van der Waals surface area (Å²) in [5, 5.41) is 6.00. The fourth-order valence-electron chi connectivity index (χ4n) is 2.41. The minimum Gasteiger partial charge on any atom is -0.441 e. The van der Waals surface area contributed by atoms with E-state index in [1.54, 1.807) is 23.3 Å². The number of amides is 2. The van der Waals surface area contributed by atoms with Gasteiger partial charge >= 0.3 is 6.03 Å². The monoisotopic (exact) mass is 358 g/mol. The molecule has 0 spiro atoms. The summed E-state index contributed by atoms with van der Waals surface area (Å²) in [5.74, 6) is 1.04. The van der Waals surface area contributed by atoms with Crippen LogP contribution < -0.4 is 5.32 Å². The number of urea groups is 1. The highest BCUT2D eigenvalue weighted by atomic mass is 32.1. The Morgan fingerprint density at radius 2 is 2.12 bits per heavy atom. The molecule has 0 fully saturated rings. The molecule has 132 valence electrons. The van der Waals surface area contributed by atoms with Crippen molar-refractivity contribution in [3.8, 4) is 0 Å². The van der Waals surface area contributed by atoms with Crippen molar-refractivity contribution in [3.05, 3.63) is 46.2 Å². The molecule has 7 heteroatoms. The third-order valence-electron chi connectivity index (χ3n) is 3.76. The molecule has 0 bridgehead atoms. The lowest BCUT2D eigenvalue weighted by Gasteiger charge is -2.16. The van der Waals surface area contributed by atoms with Crippen LogP contribution in [0.4, 0.5) is 4.79 Å². The molecule has 0 unspecified atom stereocenters. The highest BCUT2D eigenvalue weighted by molar-refractivity contribution is 7.09. The number of rotatable bonds is 6. The van der Waals surface area contributed by atoms with Crippen molar-refractivity contribution in [2.45, 2.75) is 32.7 Å². The van der Waals surface area contributed by atoms with Crippen molar-refractivity contribution in [2.24, 2.45) is 0 Å². The van der Waals surface area contributed by atoms with Crippen LogP contribution in [-0.4, -0.2) is 34.5 Å². The number of benzene rings is 1. The Kier molecular flexibility index (Phi) is 5.33. The summed E-state index contributed by atoms with van der Waals surface area (Å²) >= 11 is 1.64. The first-order chi connectivity index (χ1) is 12.0. The Morgan fingerprint density at radius 3 is 2.84 bits per heavy atom. The molecule has 1 N–H and O–H groups in total. The molecule has 1 aromatic carbocycles. The number of fused-ring (bicyclic) bond motifs is 1. The van der Waals surface area contributed by atoms with E-state index in [-0.39, 0.29) is 6.03 Å². The second-order valence-electron chi connectivity index (χ2n) is 6.25. The van der Waals surface area contributed by atoms with E-state index >= 15 is 0 Å². The number of hydrogen-bond acceptors (Lipinski definition) is 5. The van der Waals surface area contributed by atoms with Crippen molar-refractivity contribution in [1.82, 2.24) is 20.2 Å². The molecule has 2 aromatic heterocycles. The average Bonchev–Trinajstić information content (AvgIpc) is 3.20.